The molecule has 2 aromatic heterocycles. The van der Waals surface area contributed by atoms with Crippen LogP contribution in [0, 0.1) is 17.6 Å². The van der Waals surface area contributed by atoms with Crippen LogP contribution in [0.25, 0.3) is 16.6 Å². The van der Waals surface area contributed by atoms with Crippen molar-refractivity contribution in [3.05, 3.63) is 75.3 Å². The zero-order valence-corrected chi connectivity index (χ0v) is 21.3. The van der Waals surface area contributed by atoms with Gasteiger partial charge in [-0.2, -0.15) is 14.9 Å². The Labute approximate surface area is 216 Å². The van der Waals surface area contributed by atoms with Crippen molar-refractivity contribution in [3.63, 3.8) is 0 Å². The normalized spacial score (nSPS) is 15.6. The van der Waals surface area contributed by atoms with E-state index in [0.717, 1.165) is 54.3 Å². The highest BCUT2D eigenvalue weighted by Crippen LogP contribution is 2.41. The van der Waals surface area contributed by atoms with Crippen molar-refractivity contribution < 1.29 is 13.6 Å². The van der Waals surface area contributed by atoms with Crippen molar-refractivity contribution >= 4 is 39.8 Å². The molecule has 1 saturated heterocycles. The Balaban J connectivity index is 1.58. The maximum absolute atomic E-state index is 14.3. The second-order valence-electron chi connectivity index (χ2n) is 9.52. The minimum atomic E-state index is -0.972. The predicted octanol–water partition coefficient (Wildman–Crippen LogP) is 5.19. The fourth-order valence-corrected chi connectivity index (χ4v) is 4.97. The molecular weight excluding hydrogens is 502 g/mol. The van der Waals surface area contributed by atoms with Crippen LogP contribution >= 0.6 is 11.6 Å². The van der Waals surface area contributed by atoms with E-state index in [1.807, 2.05) is 24.6 Å². The summed E-state index contributed by atoms with van der Waals surface area (Å²) in [7, 11) is 0. The lowest BCUT2D eigenvalue weighted by atomic mass is 10.1. The molecule has 4 aromatic rings. The number of anilines is 2. The van der Waals surface area contributed by atoms with Gasteiger partial charge in [0.15, 0.2) is 16.8 Å². The molecule has 0 radical (unpaired) electrons. The summed E-state index contributed by atoms with van der Waals surface area (Å²) in [5.74, 6) is -2.14. The van der Waals surface area contributed by atoms with Gasteiger partial charge in [-0.15, -0.1) is 0 Å². The van der Waals surface area contributed by atoms with Crippen molar-refractivity contribution in [1.82, 2.24) is 19.6 Å². The van der Waals surface area contributed by atoms with Crippen LogP contribution in [0.15, 0.2) is 47.3 Å². The van der Waals surface area contributed by atoms with Crippen LogP contribution in [0.4, 0.5) is 20.2 Å². The molecule has 0 saturated carbocycles. The lowest BCUT2D eigenvalue weighted by Crippen LogP contribution is -2.27. The molecule has 37 heavy (non-hydrogen) atoms. The van der Waals surface area contributed by atoms with Gasteiger partial charge in [-0.1, -0.05) is 24.6 Å². The molecule has 8 nitrogen and oxygen atoms in total. The van der Waals surface area contributed by atoms with Crippen LogP contribution in [0.5, 0.6) is 0 Å². The van der Waals surface area contributed by atoms with Crippen molar-refractivity contribution in [2.24, 2.45) is 5.92 Å². The van der Waals surface area contributed by atoms with E-state index in [-0.39, 0.29) is 11.7 Å². The maximum Gasteiger partial charge on any atom is 0.276 e. The van der Waals surface area contributed by atoms with E-state index in [1.54, 1.807) is 6.07 Å². The molecule has 3 heterocycles. The third-order valence-corrected chi connectivity index (χ3v) is 6.73. The van der Waals surface area contributed by atoms with Gasteiger partial charge in [0.05, 0.1) is 22.3 Å². The number of fused-ring (bicyclic) bond motifs is 1. The Morgan fingerprint density at radius 2 is 1.81 bits per heavy atom. The molecule has 11 heteroatoms. The van der Waals surface area contributed by atoms with Crippen molar-refractivity contribution in [2.45, 2.75) is 33.2 Å². The van der Waals surface area contributed by atoms with Gasteiger partial charge in [0.2, 0.25) is 0 Å². The summed E-state index contributed by atoms with van der Waals surface area (Å²) >= 11 is 6.61. The summed E-state index contributed by atoms with van der Waals surface area (Å²) in [4.78, 5) is 27.8. The monoisotopic (exact) mass is 526 g/mol. The van der Waals surface area contributed by atoms with Crippen molar-refractivity contribution in [1.29, 1.82) is 0 Å². The first-order valence-electron chi connectivity index (χ1n) is 12.0. The molecule has 0 aliphatic carbocycles. The Morgan fingerprint density at radius 3 is 2.46 bits per heavy atom. The summed E-state index contributed by atoms with van der Waals surface area (Å²) < 4.78 is 31.1. The van der Waals surface area contributed by atoms with E-state index in [2.05, 4.69) is 27.3 Å². The fraction of sp³-hybridized carbons (Fsp3) is 0.308. The lowest BCUT2D eigenvalue weighted by Gasteiger charge is -2.23. The number of carbonyl (C=O) groups is 1. The molecule has 1 amide bonds. The number of nitrogens with one attached hydrogen (secondary N) is 1. The first-order chi connectivity index (χ1) is 17.7. The number of amides is 1. The number of para-hydroxylation sites is 1. The summed E-state index contributed by atoms with van der Waals surface area (Å²) in [5.41, 5.74) is 0.472. The number of aromatic nitrogens is 4. The molecule has 2 aromatic carbocycles. The fourth-order valence-electron chi connectivity index (χ4n) is 4.70. The number of rotatable bonds is 5. The molecule has 0 spiro atoms. The average Bonchev–Trinajstić information content (AvgIpc) is 3.43. The van der Waals surface area contributed by atoms with Gasteiger partial charge in [0, 0.05) is 25.2 Å². The lowest BCUT2D eigenvalue weighted by molar-refractivity contribution is 0.102. The van der Waals surface area contributed by atoms with Crippen LogP contribution in [0.3, 0.4) is 0 Å². The number of hydrogen-bond acceptors (Lipinski definition) is 5. The van der Waals surface area contributed by atoms with E-state index >= 15 is 0 Å². The number of hydrogen-bond donors (Lipinski definition) is 1. The third kappa shape index (κ3) is 4.46. The molecule has 192 valence electrons. The third-order valence-electron chi connectivity index (χ3n) is 6.46. The highest BCUT2D eigenvalue weighted by Gasteiger charge is 2.27. The predicted molar refractivity (Wildman–Crippen MR) is 139 cm³/mol. The van der Waals surface area contributed by atoms with E-state index < -0.39 is 28.8 Å². The Morgan fingerprint density at radius 1 is 1.08 bits per heavy atom. The highest BCUT2D eigenvalue weighted by molar-refractivity contribution is 6.36. The summed E-state index contributed by atoms with van der Waals surface area (Å²) in [6.07, 6.45) is 0.987. The number of nitrogens with zero attached hydrogens (tertiary/aromatic N) is 5. The largest absolute Gasteiger partial charge is 0.369 e. The molecule has 1 fully saturated rings. The molecule has 5 rings (SSSR count). The minimum absolute atomic E-state index is 0.0739. The van der Waals surface area contributed by atoms with E-state index in [1.165, 1.54) is 12.1 Å². The van der Waals surface area contributed by atoms with Gasteiger partial charge in [-0.25, -0.2) is 8.78 Å². The SMILES string of the molecule is CC(C)n1nc(Cl)c2c(N3CC[C@H](C)C3)c(NC(=O)c3ccc(=O)n(-c4c(F)cccc4F)n3)ccc21. The van der Waals surface area contributed by atoms with Crippen molar-refractivity contribution in [2.75, 3.05) is 23.3 Å². The zero-order valence-electron chi connectivity index (χ0n) is 20.5. The molecule has 0 unspecified atom stereocenters. The first kappa shape index (κ1) is 24.9. The molecule has 1 aliphatic heterocycles. The summed E-state index contributed by atoms with van der Waals surface area (Å²) in [6.45, 7) is 7.74. The van der Waals surface area contributed by atoms with Crippen LogP contribution in [-0.2, 0) is 0 Å². The Kier molecular flexibility index (Phi) is 6.45. The average molecular weight is 527 g/mol. The number of carbonyl (C=O) groups excluding carboxylic acids is 1. The van der Waals surface area contributed by atoms with Crippen LogP contribution < -0.4 is 15.8 Å². The first-order valence-corrected chi connectivity index (χ1v) is 12.3. The van der Waals surface area contributed by atoms with Crippen LogP contribution in [0.2, 0.25) is 5.15 Å². The van der Waals surface area contributed by atoms with Gasteiger partial charge in [0.25, 0.3) is 11.5 Å². The second-order valence-corrected chi connectivity index (χ2v) is 9.88. The molecule has 1 atom stereocenters. The smallest absolute Gasteiger partial charge is 0.276 e. The quantitative estimate of drug-likeness (QED) is 0.387. The van der Waals surface area contributed by atoms with Crippen LogP contribution in [0.1, 0.15) is 43.7 Å². The minimum Gasteiger partial charge on any atom is -0.369 e. The molecular formula is C26H25ClF2N6O2. The Bertz CT molecular complexity index is 1560. The van der Waals surface area contributed by atoms with Gasteiger partial charge in [0.1, 0.15) is 11.4 Å². The second kappa shape index (κ2) is 9.59. The van der Waals surface area contributed by atoms with Gasteiger partial charge >= 0.3 is 0 Å². The highest BCUT2D eigenvalue weighted by atomic mass is 35.5. The zero-order chi connectivity index (χ0) is 26.4. The van der Waals surface area contributed by atoms with Crippen LogP contribution in [-0.4, -0.2) is 38.6 Å². The van der Waals surface area contributed by atoms with Crippen molar-refractivity contribution in [3.8, 4) is 5.69 Å². The number of benzene rings is 2. The molecule has 1 N–H and O–H groups in total. The molecule has 0 bridgehead atoms. The standard InChI is InChI=1S/C26H25ClF2N6O2/c1-14(2)34-20-9-7-18(24(22(20)25(27)32-34)33-12-11-15(3)13-33)30-26(37)19-8-10-21(36)35(31-19)23-16(28)5-4-6-17(23)29/h4-10,14-15H,11-13H2,1-3H3,(H,30,37)/t15-/m0/s1. The maximum atomic E-state index is 14.3. The van der Waals surface area contributed by atoms with E-state index in [0.29, 0.717) is 21.4 Å². The van der Waals surface area contributed by atoms with E-state index in [4.69, 9.17) is 11.6 Å². The van der Waals surface area contributed by atoms with Gasteiger partial charge in [-0.05, 0) is 56.5 Å². The summed E-state index contributed by atoms with van der Waals surface area (Å²) in [6, 6.07) is 9.16. The summed E-state index contributed by atoms with van der Waals surface area (Å²) in [5, 5.41) is 12.4. The topological polar surface area (TPSA) is 85.0 Å². The van der Waals surface area contributed by atoms with E-state index in [9.17, 15) is 18.4 Å². The van der Waals surface area contributed by atoms with Gasteiger partial charge in [-0.3, -0.25) is 14.3 Å². The van der Waals surface area contributed by atoms with Gasteiger partial charge < -0.3 is 10.2 Å². The Hall–Kier alpha value is -3.79. The number of halogens is 3. The molecule has 1 aliphatic rings.